The van der Waals surface area contributed by atoms with Crippen molar-refractivity contribution in [2.75, 3.05) is 21.3 Å². The first-order valence-electron chi connectivity index (χ1n) is 8.89. The van der Waals surface area contributed by atoms with Crippen LogP contribution in [-0.2, 0) is 35.0 Å². The van der Waals surface area contributed by atoms with Gasteiger partial charge in [0.25, 0.3) is 0 Å². The molecule has 6 nitrogen and oxygen atoms in total. The Labute approximate surface area is 163 Å². The molecular formula is C22H22O6. The fourth-order valence-corrected chi connectivity index (χ4v) is 4.27. The number of hydrogen-bond acceptors (Lipinski definition) is 6. The van der Waals surface area contributed by atoms with Crippen molar-refractivity contribution in [3.8, 4) is 0 Å². The lowest BCUT2D eigenvalue weighted by Gasteiger charge is -2.44. The minimum absolute atomic E-state index is 0.373. The van der Waals surface area contributed by atoms with Gasteiger partial charge in [0.2, 0.25) is 0 Å². The summed E-state index contributed by atoms with van der Waals surface area (Å²) in [6, 6.07) is 16.4. The number of methoxy groups -OCH3 is 3. The quantitative estimate of drug-likeness (QED) is 0.460. The first-order chi connectivity index (χ1) is 13.5. The van der Waals surface area contributed by atoms with Crippen molar-refractivity contribution in [3.05, 3.63) is 71.3 Å². The second-order valence-corrected chi connectivity index (χ2v) is 6.67. The third-order valence-corrected chi connectivity index (χ3v) is 5.48. The Hall–Kier alpha value is -3.15. The first-order valence-corrected chi connectivity index (χ1v) is 8.89. The Balaban J connectivity index is 2.39. The third kappa shape index (κ3) is 2.85. The van der Waals surface area contributed by atoms with Crippen molar-refractivity contribution in [1.29, 1.82) is 0 Å². The SMILES string of the molecule is COC(=O)[C@@H]1c2ccccc2C[C@@H](c2ccccc2)C1(C(=O)OC)C(=O)OC. The number of benzene rings is 2. The molecule has 0 aromatic heterocycles. The molecule has 0 radical (unpaired) electrons. The van der Waals surface area contributed by atoms with Gasteiger partial charge in [0.05, 0.1) is 21.3 Å². The van der Waals surface area contributed by atoms with Crippen LogP contribution in [0.5, 0.6) is 0 Å². The number of hydrogen-bond donors (Lipinski definition) is 0. The number of ether oxygens (including phenoxy) is 3. The fourth-order valence-electron chi connectivity index (χ4n) is 4.27. The average Bonchev–Trinajstić information content (AvgIpc) is 2.76. The van der Waals surface area contributed by atoms with Crippen molar-refractivity contribution < 1.29 is 28.6 Å². The van der Waals surface area contributed by atoms with Gasteiger partial charge in [0.1, 0.15) is 5.92 Å². The summed E-state index contributed by atoms with van der Waals surface area (Å²) >= 11 is 0. The summed E-state index contributed by atoms with van der Waals surface area (Å²) < 4.78 is 15.1. The summed E-state index contributed by atoms with van der Waals surface area (Å²) in [5.41, 5.74) is 0.279. The Kier molecular flexibility index (Phi) is 5.49. The standard InChI is InChI=1S/C22H22O6/c1-26-19(23)18-16-12-8-7-11-15(16)13-17(14-9-5-4-6-10-14)22(18,20(24)27-2)21(25)28-3/h4-12,17-18H,13H2,1-3H3/t17-,18-/m0/s1. The maximum atomic E-state index is 13.2. The summed E-state index contributed by atoms with van der Waals surface area (Å²) in [5, 5.41) is 0. The van der Waals surface area contributed by atoms with Crippen LogP contribution in [0.1, 0.15) is 28.5 Å². The Morgan fingerprint density at radius 2 is 1.39 bits per heavy atom. The van der Waals surface area contributed by atoms with E-state index in [4.69, 9.17) is 14.2 Å². The monoisotopic (exact) mass is 382 g/mol. The summed E-state index contributed by atoms with van der Waals surface area (Å²) in [6.45, 7) is 0. The number of esters is 3. The lowest BCUT2D eigenvalue weighted by Crippen LogP contribution is -2.55. The number of rotatable bonds is 4. The van der Waals surface area contributed by atoms with Crippen molar-refractivity contribution in [1.82, 2.24) is 0 Å². The molecule has 0 fully saturated rings. The molecule has 2 aromatic carbocycles. The molecule has 0 amide bonds. The molecule has 0 unspecified atom stereocenters. The number of fused-ring (bicyclic) bond motifs is 1. The van der Waals surface area contributed by atoms with E-state index in [1.807, 2.05) is 42.5 Å². The highest BCUT2D eigenvalue weighted by atomic mass is 16.5. The number of carbonyl (C=O) groups is 3. The highest BCUT2D eigenvalue weighted by Gasteiger charge is 2.65. The van der Waals surface area contributed by atoms with E-state index in [0.29, 0.717) is 12.0 Å². The molecule has 2 aromatic rings. The third-order valence-electron chi connectivity index (χ3n) is 5.48. The second-order valence-electron chi connectivity index (χ2n) is 6.67. The zero-order chi connectivity index (χ0) is 20.3. The molecule has 1 aliphatic carbocycles. The average molecular weight is 382 g/mol. The van der Waals surface area contributed by atoms with E-state index >= 15 is 0 Å². The van der Waals surface area contributed by atoms with Gasteiger partial charge in [-0.15, -0.1) is 0 Å². The second kappa shape index (κ2) is 7.84. The van der Waals surface area contributed by atoms with Crippen LogP contribution >= 0.6 is 0 Å². The van der Waals surface area contributed by atoms with Gasteiger partial charge in [-0.1, -0.05) is 54.6 Å². The maximum Gasteiger partial charge on any atom is 0.325 e. The minimum atomic E-state index is -1.90. The topological polar surface area (TPSA) is 78.9 Å². The number of carbonyl (C=O) groups excluding carboxylic acids is 3. The van der Waals surface area contributed by atoms with Gasteiger partial charge in [-0.3, -0.25) is 14.4 Å². The van der Waals surface area contributed by atoms with Crippen LogP contribution in [0.4, 0.5) is 0 Å². The van der Waals surface area contributed by atoms with Gasteiger partial charge in [-0.05, 0) is 23.1 Å². The van der Waals surface area contributed by atoms with E-state index in [1.165, 1.54) is 21.3 Å². The lowest BCUT2D eigenvalue weighted by molar-refractivity contribution is -0.179. The molecule has 0 aliphatic heterocycles. The normalized spacial score (nSPS) is 19.8. The molecule has 0 N–H and O–H groups in total. The van der Waals surface area contributed by atoms with Crippen molar-refractivity contribution in [2.45, 2.75) is 18.3 Å². The van der Waals surface area contributed by atoms with Crippen LogP contribution in [0.3, 0.4) is 0 Å². The van der Waals surface area contributed by atoms with Gasteiger partial charge in [0.15, 0.2) is 5.41 Å². The van der Waals surface area contributed by atoms with Crippen LogP contribution < -0.4 is 0 Å². The van der Waals surface area contributed by atoms with Crippen LogP contribution in [-0.4, -0.2) is 39.2 Å². The van der Waals surface area contributed by atoms with E-state index in [9.17, 15) is 14.4 Å². The predicted octanol–water partition coefficient (Wildman–Crippen LogP) is 2.62. The molecule has 2 atom stereocenters. The van der Waals surface area contributed by atoms with Crippen LogP contribution in [0.25, 0.3) is 0 Å². The smallest absolute Gasteiger partial charge is 0.325 e. The van der Waals surface area contributed by atoms with Crippen molar-refractivity contribution in [2.24, 2.45) is 5.41 Å². The highest BCUT2D eigenvalue weighted by Crippen LogP contribution is 2.55. The van der Waals surface area contributed by atoms with Gasteiger partial charge in [-0.25, -0.2) is 0 Å². The zero-order valence-electron chi connectivity index (χ0n) is 16.0. The van der Waals surface area contributed by atoms with Gasteiger partial charge < -0.3 is 14.2 Å². The van der Waals surface area contributed by atoms with Gasteiger partial charge in [-0.2, -0.15) is 0 Å². The van der Waals surface area contributed by atoms with Gasteiger partial charge in [0, 0.05) is 5.92 Å². The van der Waals surface area contributed by atoms with E-state index in [-0.39, 0.29) is 0 Å². The van der Waals surface area contributed by atoms with E-state index in [2.05, 4.69) is 0 Å². The fraction of sp³-hybridized carbons (Fsp3) is 0.318. The molecule has 6 heteroatoms. The first kappa shape index (κ1) is 19.6. The van der Waals surface area contributed by atoms with Crippen LogP contribution in [0.15, 0.2) is 54.6 Å². The molecule has 0 spiro atoms. The Morgan fingerprint density at radius 3 is 1.96 bits per heavy atom. The molecule has 0 heterocycles. The molecule has 0 saturated heterocycles. The highest BCUT2D eigenvalue weighted by molar-refractivity contribution is 6.07. The van der Waals surface area contributed by atoms with E-state index < -0.39 is 35.2 Å². The van der Waals surface area contributed by atoms with E-state index in [0.717, 1.165) is 11.1 Å². The molecule has 28 heavy (non-hydrogen) atoms. The molecule has 1 aliphatic rings. The predicted molar refractivity (Wildman–Crippen MR) is 101 cm³/mol. The van der Waals surface area contributed by atoms with Crippen molar-refractivity contribution in [3.63, 3.8) is 0 Å². The van der Waals surface area contributed by atoms with Crippen molar-refractivity contribution >= 4 is 17.9 Å². The molecule has 3 rings (SSSR count). The summed E-state index contributed by atoms with van der Waals surface area (Å²) in [5.74, 6) is -4.18. The zero-order valence-corrected chi connectivity index (χ0v) is 16.0. The summed E-state index contributed by atoms with van der Waals surface area (Å²) in [7, 11) is 3.63. The summed E-state index contributed by atoms with van der Waals surface area (Å²) in [6.07, 6.45) is 0.373. The Morgan fingerprint density at radius 1 is 0.821 bits per heavy atom. The van der Waals surface area contributed by atoms with Gasteiger partial charge >= 0.3 is 17.9 Å². The molecule has 0 saturated carbocycles. The summed E-state index contributed by atoms with van der Waals surface area (Å²) in [4.78, 5) is 39.3. The lowest BCUT2D eigenvalue weighted by atomic mass is 9.56. The largest absolute Gasteiger partial charge is 0.469 e. The molecule has 0 bridgehead atoms. The maximum absolute atomic E-state index is 13.2. The molecule has 146 valence electrons. The minimum Gasteiger partial charge on any atom is -0.469 e. The van der Waals surface area contributed by atoms with E-state index in [1.54, 1.807) is 12.1 Å². The van der Waals surface area contributed by atoms with Crippen LogP contribution in [0.2, 0.25) is 0 Å². The Bertz CT molecular complexity index is 873. The molecular weight excluding hydrogens is 360 g/mol. The van der Waals surface area contributed by atoms with Crippen LogP contribution in [0, 0.1) is 5.41 Å².